The molecule has 9 heavy (non-hydrogen) atoms. The summed E-state index contributed by atoms with van der Waals surface area (Å²) >= 11 is 0. The number of aliphatic hydroxyl groups excluding tert-OH is 3. The van der Waals surface area contributed by atoms with Crippen molar-refractivity contribution in [3.8, 4) is 0 Å². The number of hydrogen-bond donors (Lipinski definition) is 3. The third kappa shape index (κ3) is 77.1. The van der Waals surface area contributed by atoms with Gasteiger partial charge in [-0.2, -0.15) is 0 Å². The van der Waals surface area contributed by atoms with E-state index in [0.29, 0.717) is 6.42 Å². The third-order valence-corrected chi connectivity index (χ3v) is 0.316. The molecule has 0 amide bonds. The Hall–Kier alpha value is -0.120. The molecule has 0 rings (SSSR count). The summed E-state index contributed by atoms with van der Waals surface area (Å²) in [5.74, 6) is 0. The average molecular weight is 138 g/mol. The van der Waals surface area contributed by atoms with Gasteiger partial charge in [0.15, 0.2) is 0 Å². The van der Waals surface area contributed by atoms with Gasteiger partial charge in [0.25, 0.3) is 0 Å². The SMILES string of the molecule is CC.CO.OCCCO. The first-order valence-corrected chi connectivity index (χ1v) is 3.08. The Morgan fingerprint density at radius 1 is 0.889 bits per heavy atom. The van der Waals surface area contributed by atoms with Crippen LogP contribution in [0.2, 0.25) is 0 Å². The van der Waals surface area contributed by atoms with E-state index < -0.39 is 0 Å². The fourth-order valence-electron chi connectivity index (χ4n) is 0.0707. The van der Waals surface area contributed by atoms with Crippen molar-refractivity contribution in [3.63, 3.8) is 0 Å². The van der Waals surface area contributed by atoms with Crippen LogP contribution in [0.15, 0.2) is 0 Å². The van der Waals surface area contributed by atoms with Crippen LogP contribution in [-0.2, 0) is 0 Å². The second kappa shape index (κ2) is 45.0. The van der Waals surface area contributed by atoms with Crippen LogP contribution in [-0.4, -0.2) is 35.6 Å². The Morgan fingerprint density at radius 2 is 1.11 bits per heavy atom. The van der Waals surface area contributed by atoms with Gasteiger partial charge in [-0.05, 0) is 6.42 Å². The van der Waals surface area contributed by atoms with Gasteiger partial charge in [0.2, 0.25) is 0 Å². The summed E-state index contributed by atoms with van der Waals surface area (Å²) < 4.78 is 0. The molecule has 0 aliphatic rings. The first kappa shape index (κ1) is 15.9. The lowest BCUT2D eigenvalue weighted by Crippen LogP contribution is -1.85. The molecule has 0 aromatic rings. The Kier molecular flexibility index (Phi) is 79.7. The smallest absolute Gasteiger partial charge is 0.0452 e. The van der Waals surface area contributed by atoms with E-state index in [1.807, 2.05) is 13.8 Å². The summed E-state index contributed by atoms with van der Waals surface area (Å²) in [6.45, 7) is 4.19. The fourth-order valence-corrected chi connectivity index (χ4v) is 0.0707. The predicted octanol–water partition coefficient (Wildman–Crippen LogP) is -0.00420. The van der Waals surface area contributed by atoms with Crippen LogP contribution in [0.4, 0.5) is 0 Å². The van der Waals surface area contributed by atoms with Crippen molar-refractivity contribution < 1.29 is 15.3 Å². The quantitative estimate of drug-likeness (QED) is 0.503. The highest BCUT2D eigenvalue weighted by molar-refractivity contribution is 4.22. The average Bonchev–Trinajstić information content (AvgIpc) is 1.98. The molecule has 0 heterocycles. The second-order valence-corrected chi connectivity index (χ2v) is 0.801. The topological polar surface area (TPSA) is 60.7 Å². The molecular weight excluding hydrogens is 120 g/mol. The van der Waals surface area contributed by atoms with Crippen molar-refractivity contribution in [1.82, 2.24) is 0 Å². The van der Waals surface area contributed by atoms with E-state index in [1.165, 1.54) is 0 Å². The van der Waals surface area contributed by atoms with E-state index in [1.54, 1.807) is 0 Å². The molecule has 0 unspecified atom stereocenters. The maximum Gasteiger partial charge on any atom is 0.0452 e. The predicted molar refractivity (Wildman–Crippen MR) is 38.3 cm³/mol. The minimum Gasteiger partial charge on any atom is -0.400 e. The van der Waals surface area contributed by atoms with Gasteiger partial charge in [-0.1, -0.05) is 13.8 Å². The van der Waals surface area contributed by atoms with Gasteiger partial charge < -0.3 is 15.3 Å². The summed E-state index contributed by atoms with van der Waals surface area (Å²) in [6, 6.07) is 0. The van der Waals surface area contributed by atoms with Crippen molar-refractivity contribution in [3.05, 3.63) is 0 Å². The molecule has 3 heteroatoms. The largest absolute Gasteiger partial charge is 0.400 e. The molecule has 0 saturated carbocycles. The molecule has 0 aliphatic carbocycles. The van der Waals surface area contributed by atoms with Crippen LogP contribution in [0, 0.1) is 0 Å². The summed E-state index contributed by atoms with van der Waals surface area (Å²) in [5.41, 5.74) is 0. The molecule has 0 spiro atoms. The van der Waals surface area contributed by atoms with Gasteiger partial charge in [-0.3, -0.25) is 0 Å². The van der Waals surface area contributed by atoms with Crippen molar-refractivity contribution in [2.24, 2.45) is 0 Å². The zero-order chi connectivity index (χ0) is 8.12. The van der Waals surface area contributed by atoms with E-state index in [4.69, 9.17) is 15.3 Å². The van der Waals surface area contributed by atoms with Crippen molar-refractivity contribution >= 4 is 0 Å². The monoisotopic (exact) mass is 138 g/mol. The zero-order valence-electron chi connectivity index (χ0n) is 6.46. The summed E-state index contributed by atoms with van der Waals surface area (Å²) in [4.78, 5) is 0. The maximum absolute atomic E-state index is 7.91. The van der Waals surface area contributed by atoms with Crippen molar-refractivity contribution in [1.29, 1.82) is 0 Å². The minimum atomic E-state index is 0.0938. The van der Waals surface area contributed by atoms with E-state index in [0.717, 1.165) is 7.11 Å². The van der Waals surface area contributed by atoms with Gasteiger partial charge in [0.05, 0.1) is 0 Å². The van der Waals surface area contributed by atoms with Crippen LogP contribution in [0.3, 0.4) is 0 Å². The second-order valence-electron chi connectivity index (χ2n) is 0.801. The molecule has 0 atom stereocenters. The molecule has 60 valence electrons. The van der Waals surface area contributed by atoms with Gasteiger partial charge in [0, 0.05) is 20.3 Å². The highest BCUT2D eigenvalue weighted by Gasteiger charge is 1.70. The van der Waals surface area contributed by atoms with E-state index in [2.05, 4.69) is 0 Å². The van der Waals surface area contributed by atoms with E-state index >= 15 is 0 Å². The lowest BCUT2D eigenvalue weighted by molar-refractivity contribution is 0.221. The summed E-state index contributed by atoms with van der Waals surface area (Å²) in [5, 5.41) is 22.8. The Morgan fingerprint density at radius 3 is 1.11 bits per heavy atom. The first-order chi connectivity index (χ1) is 4.41. The van der Waals surface area contributed by atoms with Gasteiger partial charge in [-0.15, -0.1) is 0 Å². The van der Waals surface area contributed by atoms with Crippen LogP contribution in [0.1, 0.15) is 20.3 Å². The van der Waals surface area contributed by atoms with Crippen LogP contribution >= 0.6 is 0 Å². The molecule has 3 nitrogen and oxygen atoms in total. The molecule has 0 aliphatic heterocycles. The standard InChI is InChI=1S/C3H8O2.C2H6.CH4O/c4-2-1-3-5;2*1-2/h4-5H,1-3H2;1-2H3;2H,1H3. The van der Waals surface area contributed by atoms with Crippen molar-refractivity contribution in [2.75, 3.05) is 20.3 Å². The highest BCUT2D eigenvalue weighted by atomic mass is 16.3. The maximum atomic E-state index is 7.91. The van der Waals surface area contributed by atoms with Crippen LogP contribution < -0.4 is 0 Å². The van der Waals surface area contributed by atoms with E-state index in [9.17, 15) is 0 Å². The Bertz CT molecular complexity index is 15.8. The summed E-state index contributed by atoms with van der Waals surface area (Å²) in [6.07, 6.45) is 0.500. The summed E-state index contributed by atoms with van der Waals surface area (Å²) in [7, 11) is 1.00. The van der Waals surface area contributed by atoms with Gasteiger partial charge in [-0.25, -0.2) is 0 Å². The lowest BCUT2D eigenvalue weighted by atomic mass is 10.5. The van der Waals surface area contributed by atoms with Crippen molar-refractivity contribution in [2.45, 2.75) is 20.3 Å². The molecule has 0 fully saturated rings. The van der Waals surface area contributed by atoms with Gasteiger partial charge in [0.1, 0.15) is 0 Å². The lowest BCUT2D eigenvalue weighted by Gasteiger charge is -1.79. The molecule has 0 radical (unpaired) electrons. The fraction of sp³-hybridized carbons (Fsp3) is 1.00. The third-order valence-electron chi connectivity index (χ3n) is 0.316. The van der Waals surface area contributed by atoms with Gasteiger partial charge >= 0.3 is 0 Å². The molecule has 0 bridgehead atoms. The number of aliphatic hydroxyl groups is 3. The number of rotatable bonds is 2. The normalized spacial score (nSPS) is 6.00. The molecule has 3 N–H and O–H groups in total. The van der Waals surface area contributed by atoms with Crippen LogP contribution in [0.25, 0.3) is 0 Å². The molecule has 0 aromatic heterocycles. The molecular formula is C6H18O3. The molecule has 0 saturated heterocycles. The van der Waals surface area contributed by atoms with E-state index in [-0.39, 0.29) is 13.2 Å². The highest BCUT2D eigenvalue weighted by Crippen LogP contribution is 1.65. The number of hydrogen-bond acceptors (Lipinski definition) is 3. The first-order valence-electron chi connectivity index (χ1n) is 3.08. The Balaban J connectivity index is -0.0000000771. The van der Waals surface area contributed by atoms with Crippen LogP contribution in [0.5, 0.6) is 0 Å². The Labute approximate surface area is 57.0 Å². The minimum absolute atomic E-state index is 0.0938. The zero-order valence-corrected chi connectivity index (χ0v) is 6.46. The molecule has 0 aromatic carbocycles.